The maximum Gasteiger partial charge on any atom is 0.302 e. The minimum atomic E-state index is -2.79. The molecule has 350 valence electrons. The summed E-state index contributed by atoms with van der Waals surface area (Å²) in [6.45, 7) is 6.05. The van der Waals surface area contributed by atoms with Crippen LogP contribution in [0, 0.1) is 23.2 Å². The minimum Gasteiger partial charge on any atom is -0.506 e. The number of fused-ring (bicyclic) bond motifs is 8. The van der Waals surface area contributed by atoms with Crippen LogP contribution in [0.15, 0.2) is 12.1 Å². The van der Waals surface area contributed by atoms with Gasteiger partial charge in [-0.15, -0.1) is 0 Å². The first kappa shape index (κ1) is 44.2. The van der Waals surface area contributed by atoms with Gasteiger partial charge in [0.05, 0.1) is 42.1 Å². The second-order valence-electron chi connectivity index (χ2n) is 18.6. The molecule has 5 heterocycles. The normalized spacial score (nSPS) is 46.8. The molecule has 3 aliphatic carbocycles. The molecular weight excluding hydrogens is 852 g/mol. The molecule has 2 saturated carbocycles. The van der Waals surface area contributed by atoms with Gasteiger partial charge in [-0.3, -0.25) is 14.4 Å². The molecule has 0 spiro atoms. The number of benzene rings is 2. The second-order valence-corrected chi connectivity index (χ2v) is 18.6. The van der Waals surface area contributed by atoms with Gasteiger partial charge in [-0.25, -0.2) is 0 Å². The number of phenols is 1. The Bertz CT molecular complexity index is 2370. The quantitative estimate of drug-likeness (QED) is 0.117. The third-order valence-corrected chi connectivity index (χ3v) is 15.8. The van der Waals surface area contributed by atoms with E-state index in [-0.39, 0.29) is 52.7 Å². The molecule has 7 N–H and O–H groups in total. The minimum absolute atomic E-state index is 0.00631. The number of hydrogen-bond donors (Lipinski definition) is 7. The van der Waals surface area contributed by atoms with Gasteiger partial charge >= 0.3 is 5.97 Å². The summed E-state index contributed by atoms with van der Waals surface area (Å²) in [5.41, 5.74) is -6.03. The van der Waals surface area contributed by atoms with Gasteiger partial charge < -0.3 is 87.9 Å². The largest absolute Gasteiger partial charge is 0.506 e. The number of carbonyl (C=O) groups is 3. The van der Waals surface area contributed by atoms with E-state index in [4.69, 9.17) is 52.1 Å². The highest BCUT2D eigenvalue weighted by molar-refractivity contribution is 6.13. The number of aromatic hydroxyl groups is 1. The van der Waals surface area contributed by atoms with Crippen molar-refractivity contribution in [2.24, 2.45) is 23.2 Å². The molecule has 17 atom stereocenters. The van der Waals surface area contributed by atoms with Crippen molar-refractivity contribution in [3.05, 3.63) is 28.8 Å². The highest BCUT2D eigenvalue weighted by Gasteiger charge is 2.89. The Balaban J connectivity index is 1.10. The lowest BCUT2D eigenvalue weighted by molar-refractivity contribution is -0.431. The molecule has 5 aliphatic heterocycles. The predicted molar refractivity (Wildman–Crippen MR) is 207 cm³/mol. The molecule has 0 amide bonds. The third-order valence-electron chi connectivity index (χ3n) is 15.8. The maximum absolute atomic E-state index is 14.1. The summed E-state index contributed by atoms with van der Waals surface area (Å²) in [6, 6.07) is 3.12. The molecule has 6 fully saturated rings. The van der Waals surface area contributed by atoms with Gasteiger partial charge in [-0.2, -0.15) is 0 Å². The average molecular weight is 905 g/mol. The van der Waals surface area contributed by atoms with Gasteiger partial charge in [0, 0.05) is 68.8 Å². The lowest BCUT2D eigenvalue weighted by atomic mass is 9.55. The maximum atomic E-state index is 14.1. The molecule has 21 nitrogen and oxygen atoms in total. The van der Waals surface area contributed by atoms with Gasteiger partial charge in [0.25, 0.3) is 11.6 Å². The van der Waals surface area contributed by atoms with Gasteiger partial charge in [0.2, 0.25) is 11.9 Å². The summed E-state index contributed by atoms with van der Waals surface area (Å²) in [4.78, 5) is 38.7. The number of esters is 1. The van der Waals surface area contributed by atoms with Crippen molar-refractivity contribution in [3.63, 3.8) is 0 Å². The van der Waals surface area contributed by atoms with Crippen molar-refractivity contribution in [2.75, 3.05) is 27.9 Å². The molecule has 64 heavy (non-hydrogen) atoms. The predicted octanol–water partition coefficient (Wildman–Crippen LogP) is 0.217. The topological polar surface area (TPSA) is 294 Å². The lowest BCUT2D eigenvalue weighted by Crippen LogP contribution is -2.77. The molecule has 2 bridgehead atoms. The average Bonchev–Trinajstić information content (AvgIpc) is 3.93. The summed E-state index contributed by atoms with van der Waals surface area (Å²) in [7, 11) is 3.79. The summed E-state index contributed by atoms with van der Waals surface area (Å²) in [6.07, 6.45) is -11.1. The molecule has 8 aliphatic rings. The van der Waals surface area contributed by atoms with E-state index in [0.29, 0.717) is 0 Å². The van der Waals surface area contributed by atoms with Crippen molar-refractivity contribution < 1.29 is 102 Å². The van der Waals surface area contributed by atoms with Crippen LogP contribution in [-0.2, 0) is 52.2 Å². The molecule has 0 aromatic heterocycles. The Hall–Kier alpha value is -3.65. The van der Waals surface area contributed by atoms with Crippen LogP contribution >= 0.6 is 0 Å². The zero-order chi connectivity index (χ0) is 46.2. The van der Waals surface area contributed by atoms with Crippen molar-refractivity contribution in [1.29, 1.82) is 0 Å². The number of methoxy groups -OCH3 is 3. The molecule has 2 aromatic carbocycles. The number of aliphatic hydroxyl groups excluding tert-OH is 2. The monoisotopic (exact) mass is 904 g/mol. The van der Waals surface area contributed by atoms with Crippen molar-refractivity contribution in [1.82, 2.24) is 0 Å². The standard InChI is InChI=1S/C43H52O21/c1-15-34(57-18(4)46)37(5)13-25(60-41(15,37)53)58-22-11-21(47)29(48)28-27(22)31(54-6)19-9-10-20-32(26(19)30(28)49)62-42(61-24-12-23-39(51,17(3)45)16(2)40(23,52)59-24)35-33(20)63-43(64-35,36(55-7)56-8)38(42,50)14-44/h9-10,15-16,21-25,33-36,44,47,49-53H,11-14H2,1-8H3/t15?,16?,21?,22?,23?,24?,25?,33?,34?,35?,37?,38?,39?,40?,41?,42?,43-/m1/s1. The molecule has 0 radical (unpaired) electrons. The van der Waals surface area contributed by atoms with Crippen molar-refractivity contribution in [2.45, 2.75) is 138 Å². The fraction of sp³-hybridized carbons (Fsp3) is 0.698. The van der Waals surface area contributed by atoms with Crippen LogP contribution < -0.4 is 9.47 Å². The van der Waals surface area contributed by atoms with E-state index in [0.717, 1.165) is 0 Å². The number of Topliss-reactive ketones (excluding diaryl/α,β-unsaturated/α-hetero) is 2. The van der Waals surface area contributed by atoms with Gasteiger partial charge in [-0.05, 0) is 13.0 Å². The first-order chi connectivity index (χ1) is 30.0. The van der Waals surface area contributed by atoms with Gasteiger partial charge in [0.15, 0.2) is 41.8 Å². The lowest BCUT2D eigenvalue weighted by Gasteiger charge is -2.57. The summed E-state index contributed by atoms with van der Waals surface area (Å²) < 4.78 is 67.3. The van der Waals surface area contributed by atoms with E-state index >= 15 is 0 Å². The summed E-state index contributed by atoms with van der Waals surface area (Å²) >= 11 is 0. The van der Waals surface area contributed by atoms with E-state index in [2.05, 4.69) is 0 Å². The van der Waals surface area contributed by atoms with Crippen LogP contribution in [0.3, 0.4) is 0 Å². The number of hydrogen-bond acceptors (Lipinski definition) is 21. The van der Waals surface area contributed by atoms with Crippen LogP contribution in [0.1, 0.15) is 87.6 Å². The van der Waals surface area contributed by atoms with Crippen LogP contribution in [0.4, 0.5) is 0 Å². The number of carbonyl (C=O) groups excluding carboxylic acids is 3. The molecule has 10 rings (SSSR count). The van der Waals surface area contributed by atoms with E-state index in [1.54, 1.807) is 26.0 Å². The summed E-state index contributed by atoms with van der Waals surface area (Å²) in [5.74, 6) is -14.7. The van der Waals surface area contributed by atoms with Crippen LogP contribution in [0.2, 0.25) is 0 Å². The highest BCUT2D eigenvalue weighted by Crippen LogP contribution is 2.69. The van der Waals surface area contributed by atoms with Gasteiger partial charge in [0.1, 0.15) is 41.2 Å². The fourth-order valence-corrected chi connectivity index (χ4v) is 12.6. The molecule has 2 aromatic rings. The first-order valence-electron chi connectivity index (χ1n) is 21.1. The van der Waals surface area contributed by atoms with E-state index < -0.39 is 142 Å². The van der Waals surface area contributed by atoms with Crippen LogP contribution in [0.5, 0.6) is 17.2 Å². The Morgan fingerprint density at radius 1 is 0.969 bits per heavy atom. The SMILES string of the molecule is COc1c2c(c(O)c3c4c(ccc13)C1O[C@]3(C(OC)OC)OC1C(OC1CC5C(O)(O1)C(C)C5(O)C(C)=O)(O4)C3(O)CO)C(=O)C(O)CC2OC1CC2(C)C(OC(C)=O)C(C)C2(O)O1. The van der Waals surface area contributed by atoms with E-state index in [1.807, 2.05) is 0 Å². The molecule has 4 saturated heterocycles. The fourth-order valence-electron chi connectivity index (χ4n) is 12.6. The van der Waals surface area contributed by atoms with E-state index in [1.165, 1.54) is 42.1 Å². The number of aliphatic hydroxyl groups is 6. The summed E-state index contributed by atoms with van der Waals surface area (Å²) in [5, 5.41) is 82.2. The number of ketones is 2. The molecular formula is C43H52O21. The second kappa shape index (κ2) is 13.7. The third kappa shape index (κ3) is 4.88. The first-order valence-corrected chi connectivity index (χ1v) is 21.1. The van der Waals surface area contributed by atoms with Crippen LogP contribution in [-0.4, -0.2) is 153 Å². The smallest absolute Gasteiger partial charge is 0.302 e. The van der Waals surface area contributed by atoms with Crippen molar-refractivity contribution in [3.8, 4) is 17.2 Å². The number of ether oxygens (including phenoxy) is 11. The molecule has 21 heteroatoms. The number of rotatable bonds is 11. The Morgan fingerprint density at radius 2 is 1.67 bits per heavy atom. The zero-order valence-electron chi connectivity index (χ0n) is 36.2. The van der Waals surface area contributed by atoms with Crippen molar-refractivity contribution >= 4 is 28.3 Å². The molecule has 16 unspecified atom stereocenters. The Labute approximate surface area is 364 Å². The Kier molecular flexibility index (Phi) is 9.48. The Morgan fingerprint density at radius 3 is 2.30 bits per heavy atom. The zero-order valence-corrected chi connectivity index (χ0v) is 36.2. The number of phenolic OH excluding ortho intramolecular Hbond substituents is 1. The highest BCUT2D eigenvalue weighted by atomic mass is 16.9. The van der Waals surface area contributed by atoms with Gasteiger partial charge in [-0.1, -0.05) is 26.8 Å². The van der Waals surface area contributed by atoms with Crippen LogP contribution in [0.25, 0.3) is 10.8 Å². The van der Waals surface area contributed by atoms with E-state index in [9.17, 15) is 50.1 Å².